The van der Waals surface area contributed by atoms with Crippen molar-refractivity contribution in [2.45, 2.75) is 6.42 Å². The Morgan fingerprint density at radius 1 is 0.909 bits per heavy atom. The summed E-state index contributed by atoms with van der Waals surface area (Å²) in [7, 11) is 0. The number of imide groups is 1. The van der Waals surface area contributed by atoms with Crippen molar-refractivity contribution >= 4 is 62.6 Å². The molecular formula is C24H17BrCl2N2O4. The number of hydrazine groups is 1. The molecule has 2 fully saturated rings. The Hall–Kier alpha value is -2.48. The molecule has 1 saturated carbocycles. The minimum absolute atomic E-state index is 0.0226. The number of halogens is 3. The number of ketones is 1. The summed E-state index contributed by atoms with van der Waals surface area (Å²) < 4.78 is 0.795. The highest BCUT2D eigenvalue weighted by Crippen LogP contribution is 2.52. The van der Waals surface area contributed by atoms with Crippen molar-refractivity contribution in [3.8, 4) is 0 Å². The average Bonchev–Trinajstić information content (AvgIpc) is 3.48. The molecule has 3 amide bonds. The summed E-state index contributed by atoms with van der Waals surface area (Å²) >= 11 is 15.4. The number of amides is 3. The summed E-state index contributed by atoms with van der Waals surface area (Å²) in [4.78, 5) is 53.3. The van der Waals surface area contributed by atoms with E-state index < -0.39 is 41.9 Å². The fourth-order valence-electron chi connectivity index (χ4n) is 5.00. The quantitative estimate of drug-likeness (QED) is 0.306. The fourth-order valence-corrected chi connectivity index (χ4v) is 5.56. The summed E-state index contributed by atoms with van der Waals surface area (Å²) in [6.45, 7) is -0.472. The van der Waals surface area contributed by atoms with E-state index in [0.29, 0.717) is 5.56 Å². The second kappa shape index (κ2) is 8.38. The summed E-state index contributed by atoms with van der Waals surface area (Å²) in [5.41, 5.74) is 0.470. The lowest BCUT2D eigenvalue weighted by molar-refractivity contribution is -0.154. The molecule has 2 bridgehead atoms. The molecule has 168 valence electrons. The molecule has 0 spiro atoms. The van der Waals surface area contributed by atoms with Crippen LogP contribution in [0.1, 0.15) is 27.1 Å². The number of allylic oxidation sites excluding steroid dienone is 2. The number of hydrogen-bond acceptors (Lipinski definition) is 4. The van der Waals surface area contributed by atoms with Gasteiger partial charge < -0.3 is 0 Å². The van der Waals surface area contributed by atoms with E-state index in [9.17, 15) is 19.2 Å². The largest absolute Gasteiger partial charge is 0.292 e. The minimum atomic E-state index is -0.680. The second-order valence-corrected chi connectivity index (χ2v) is 10.1. The van der Waals surface area contributed by atoms with Crippen molar-refractivity contribution in [1.82, 2.24) is 10.0 Å². The summed E-state index contributed by atoms with van der Waals surface area (Å²) in [6.07, 6.45) is 4.70. The van der Waals surface area contributed by atoms with Gasteiger partial charge in [0.05, 0.1) is 21.9 Å². The van der Waals surface area contributed by atoms with E-state index in [4.69, 9.17) is 23.2 Å². The molecule has 2 aromatic carbocycles. The van der Waals surface area contributed by atoms with Crippen LogP contribution in [-0.4, -0.2) is 40.1 Å². The topological polar surface area (TPSA) is 74.8 Å². The van der Waals surface area contributed by atoms with Gasteiger partial charge in [0.1, 0.15) is 6.54 Å². The van der Waals surface area contributed by atoms with E-state index in [1.165, 1.54) is 18.2 Å². The number of hydrogen-bond donors (Lipinski definition) is 0. The van der Waals surface area contributed by atoms with Crippen molar-refractivity contribution in [2.75, 3.05) is 6.54 Å². The highest BCUT2D eigenvalue weighted by molar-refractivity contribution is 9.10. The van der Waals surface area contributed by atoms with E-state index >= 15 is 0 Å². The standard InChI is InChI=1S/C24H17BrCl2N2O4/c25-16-6-3-12(4-7-16)19(30)11-28(22(31)15-5-8-17(26)18(27)10-15)29-23(32)20-13-1-2-14(9-13)21(20)24(29)33/h1-8,10,13-14,20-21H,9,11H2/t13-,14-,20-,21+/m0/s1. The van der Waals surface area contributed by atoms with Crippen molar-refractivity contribution in [2.24, 2.45) is 23.7 Å². The van der Waals surface area contributed by atoms with Crippen LogP contribution in [0.2, 0.25) is 10.0 Å². The van der Waals surface area contributed by atoms with E-state index in [0.717, 1.165) is 20.9 Å². The molecule has 4 atom stereocenters. The molecule has 5 rings (SSSR count). The maximum absolute atomic E-state index is 13.5. The third-order valence-corrected chi connectivity index (χ3v) is 7.82. The number of carbonyl (C=O) groups excluding carboxylic acids is 4. The maximum atomic E-state index is 13.5. The smallest absolute Gasteiger partial charge is 0.273 e. The van der Waals surface area contributed by atoms with Gasteiger partial charge >= 0.3 is 0 Å². The number of benzene rings is 2. The van der Waals surface area contributed by atoms with Crippen molar-refractivity contribution < 1.29 is 19.2 Å². The number of rotatable bonds is 5. The van der Waals surface area contributed by atoms with Gasteiger partial charge in [0.2, 0.25) is 0 Å². The fraction of sp³-hybridized carbons (Fsp3) is 0.250. The van der Waals surface area contributed by atoms with E-state index in [1.54, 1.807) is 24.3 Å². The van der Waals surface area contributed by atoms with Crippen LogP contribution < -0.4 is 0 Å². The van der Waals surface area contributed by atoms with Crippen LogP contribution in [0.3, 0.4) is 0 Å². The van der Waals surface area contributed by atoms with Gasteiger partial charge in [0, 0.05) is 15.6 Å². The predicted octanol–water partition coefficient (Wildman–Crippen LogP) is 4.80. The molecular weight excluding hydrogens is 531 g/mol. The molecule has 0 radical (unpaired) electrons. The first kappa shape index (κ1) is 22.3. The molecule has 1 heterocycles. The van der Waals surface area contributed by atoms with Crippen LogP contribution in [0.25, 0.3) is 0 Å². The Labute approximate surface area is 208 Å². The van der Waals surface area contributed by atoms with Gasteiger partial charge in [-0.15, -0.1) is 0 Å². The normalized spacial score (nSPS) is 25.0. The van der Waals surface area contributed by atoms with Gasteiger partial charge in [0.15, 0.2) is 5.78 Å². The molecule has 1 aliphatic heterocycles. The first-order valence-electron chi connectivity index (χ1n) is 10.4. The van der Waals surface area contributed by atoms with Crippen LogP contribution in [0.5, 0.6) is 0 Å². The Bertz CT molecular complexity index is 1200. The monoisotopic (exact) mass is 546 g/mol. The Balaban J connectivity index is 1.51. The lowest BCUT2D eigenvalue weighted by atomic mass is 9.85. The zero-order valence-electron chi connectivity index (χ0n) is 17.1. The molecule has 3 aliphatic rings. The summed E-state index contributed by atoms with van der Waals surface area (Å²) in [5.74, 6) is -3.02. The number of nitrogens with zero attached hydrogens (tertiary/aromatic N) is 2. The highest BCUT2D eigenvalue weighted by atomic mass is 79.9. The van der Waals surface area contributed by atoms with Crippen LogP contribution in [0.4, 0.5) is 0 Å². The lowest BCUT2D eigenvalue weighted by Crippen LogP contribution is -2.52. The Kier molecular flexibility index (Phi) is 5.67. The van der Waals surface area contributed by atoms with Gasteiger partial charge in [-0.25, -0.2) is 5.01 Å². The van der Waals surface area contributed by atoms with E-state index in [-0.39, 0.29) is 27.4 Å². The first-order valence-corrected chi connectivity index (χ1v) is 11.9. The molecule has 0 aromatic heterocycles. The lowest BCUT2D eigenvalue weighted by Gasteiger charge is -2.31. The molecule has 6 nitrogen and oxygen atoms in total. The molecule has 2 aliphatic carbocycles. The summed E-state index contributed by atoms with van der Waals surface area (Å²) in [5, 5.41) is 2.24. The van der Waals surface area contributed by atoms with Crippen LogP contribution >= 0.6 is 39.1 Å². The molecule has 2 aromatic rings. The number of carbonyl (C=O) groups is 4. The summed E-state index contributed by atoms with van der Waals surface area (Å²) in [6, 6.07) is 10.9. The van der Waals surface area contributed by atoms with Gasteiger partial charge in [-0.1, -0.05) is 63.4 Å². The molecule has 0 N–H and O–H groups in total. The van der Waals surface area contributed by atoms with Gasteiger partial charge in [0.25, 0.3) is 17.7 Å². The van der Waals surface area contributed by atoms with Crippen molar-refractivity contribution in [3.63, 3.8) is 0 Å². The third-order valence-electron chi connectivity index (χ3n) is 6.55. The van der Waals surface area contributed by atoms with Gasteiger partial charge in [-0.05, 0) is 48.6 Å². The predicted molar refractivity (Wildman–Crippen MR) is 126 cm³/mol. The van der Waals surface area contributed by atoms with Crippen LogP contribution in [0, 0.1) is 23.7 Å². The van der Waals surface area contributed by atoms with Crippen LogP contribution in [0.15, 0.2) is 59.1 Å². The molecule has 0 unspecified atom stereocenters. The Morgan fingerprint density at radius 2 is 1.48 bits per heavy atom. The number of fused-ring (bicyclic) bond motifs is 5. The zero-order valence-corrected chi connectivity index (χ0v) is 20.2. The Morgan fingerprint density at radius 3 is 2.06 bits per heavy atom. The van der Waals surface area contributed by atoms with E-state index in [2.05, 4.69) is 15.9 Å². The van der Waals surface area contributed by atoms with Crippen molar-refractivity contribution in [1.29, 1.82) is 0 Å². The van der Waals surface area contributed by atoms with Gasteiger partial charge in [-0.3, -0.25) is 19.2 Å². The maximum Gasteiger partial charge on any atom is 0.273 e. The number of Topliss-reactive ketones (excluding diaryl/α,β-unsaturated/α-hetero) is 1. The SMILES string of the molecule is O=C(CN(C(=O)c1ccc(Cl)c(Cl)c1)N1C(=O)[C@@H]2[C@H](C1=O)[C@H]1C=C[C@H]2C1)c1ccc(Br)cc1. The minimum Gasteiger partial charge on any atom is -0.292 e. The van der Waals surface area contributed by atoms with Crippen molar-refractivity contribution in [3.05, 3.63) is 80.3 Å². The molecule has 9 heteroatoms. The average molecular weight is 548 g/mol. The van der Waals surface area contributed by atoms with Gasteiger partial charge in [-0.2, -0.15) is 5.01 Å². The molecule has 33 heavy (non-hydrogen) atoms. The third kappa shape index (κ3) is 3.72. The highest BCUT2D eigenvalue weighted by Gasteiger charge is 2.61. The van der Waals surface area contributed by atoms with E-state index in [1.807, 2.05) is 12.2 Å². The molecule has 1 saturated heterocycles. The zero-order chi connectivity index (χ0) is 23.4. The second-order valence-electron chi connectivity index (χ2n) is 8.41. The van der Waals surface area contributed by atoms with Crippen LogP contribution in [-0.2, 0) is 9.59 Å². The first-order chi connectivity index (χ1) is 15.8.